The first kappa shape index (κ1) is 86.1. The maximum Gasteiger partial charge on any atom is 0.472 e. The lowest BCUT2D eigenvalue weighted by molar-refractivity contribution is -0.161. The molecule has 4 unspecified atom stereocenters. The highest BCUT2D eigenvalue weighted by Gasteiger charge is 2.30. The highest BCUT2D eigenvalue weighted by molar-refractivity contribution is 7.47. The minimum atomic E-state index is -4.95. The zero-order valence-electron chi connectivity index (χ0n) is 57.3. The Morgan fingerprint density at radius 2 is 0.545 bits per heavy atom. The molecule has 0 heterocycles. The Morgan fingerprint density at radius 1 is 0.318 bits per heavy atom. The second kappa shape index (κ2) is 58.8. The maximum absolute atomic E-state index is 13.0. The number of carbonyl (C=O) groups is 4. The molecule has 0 aromatic carbocycles. The molecule has 522 valence electrons. The molecule has 0 aliphatic heterocycles. The number of ether oxygens (including phenoxy) is 4. The Hall–Kier alpha value is -1.94. The van der Waals surface area contributed by atoms with Crippen LogP contribution in [0.25, 0.3) is 0 Å². The normalized spacial score (nSPS) is 14.9. The lowest BCUT2D eigenvalue weighted by Crippen LogP contribution is -2.30. The molecule has 0 aliphatic carbocycles. The Labute approximate surface area is 537 Å². The van der Waals surface area contributed by atoms with E-state index in [9.17, 15) is 43.2 Å². The Morgan fingerprint density at radius 3 is 0.807 bits per heavy atom. The fraction of sp³-hybridized carbons (Fsp3) is 0.942. The molecule has 3 N–H and O–H groups in total. The molecular weight excluding hydrogens is 1160 g/mol. The number of aliphatic hydroxyl groups excluding tert-OH is 1. The second-order valence-electron chi connectivity index (χ2n) is 26.4. The third kappa shape index (κ3) is 60.3. The minimum Gasteiger partial charge on any atom is -0.462 e. The van der Waals surface area contributed by atoms with Crippen LogP contribution < -0.4 is 0 Å². The van der Waals surface area contributed by atoms with Gasteiger partial charge in [-0.3, -0.25) is 37.3 Å². The van der Waals surface area contributed by atoms with Crippen LogP contribution in [0.3, 0.4) is 0 Å². The molecule has 7 atom stereocenters. The number of rotatable bonds is 66. The van der Waals surface area contributed by atoms with Crippen LogP contribution in [0.5, 0.6) is 0 Å². The van der Waals surface area contributed by atoms with Crippen molar-refractivity contribution in [3.8, 4) is 0 Å². The van der Waals surface area contributed by atoms with Gasteiger partial charge in [0, 0.05) is 25.7 Å². The molecule has 19 heteroatoms. The SMILES string of the molecule is CCC(C)CCCCCCCCCCCCCCCCC(=O)O[C@H](COC(=O)CCCCCCCCC(C)C)COP(=O)(O)OC[C@H](O)COP(=O)(O)OC[C@@H](COC(=O)CCCCCCCCCCC(C)C)OC(=O)CCCCCCCCC(C)CC. The van der Waals surface area contributed by atoms with Gasteiger partial charge in [0.05, 0.1) is 26.4 Å². The molecule has 0 saturated carbocycles. The molecule has 17 nitrogen and oxygen atoms in total. The molecule has 0 rings (SSSR count). The van der Waals surface area contributed by atoms with Gasteiger partial charge >= 0.3 is 39.5 Å². The van der Waals surface area contributed by atoms with Crippen molar-refractivity contribution in [2.24, 2.45) is 23.7 Å². The van der Waals surface area contributed by atoms with Gasteiger partial charge < -0.3 is 33.8 Å². The van der Waals surface area contributed by atoms with Crippen molar-refractivity contribution < 1.29 is 80.2 Å². The van der Waals surface area contributed by atoms with Crippen LogP contribution in [0, 0.1) is 23.7 Å². The standard InChI is InChI=1S/C69H134O17P2/c1-9-61(7)47-39-31-22-17-15-13-11-12-14-16-18-24-35-43-51-68(73)85-64(56-80-67(72)50-42-34-27-25-30-38-46-60(5)6)57-83-87(75,76)81-53-63(70)54-82-88(77,78)84-58-65(86-69(74)52-44-36-28-26-32-40-48-62(8)10-2)55-79-66(71)49-41-33-23-20-19-21-29-37-45-59(3)4/h59-65,70H,9-58H2,1-8H3,(H,75,76)(H,77,78)/t61?,62?,63-,64+,65+/m0/s1. The van der Waals surface area contributed by atoms with Gasteiger partial charge in [-0.25, -0.2) is 9.13 Å². The highest BCUT2D eigenvalue weighted by Crippen LogP contribution is 2.45. The van der Waals surface area contributed by atoms with Crippen molar-refractivity contribution in [2.75, 3.05) is 39.6 Å². The summed E-state index contributed by atoms with van der Waals surface area (Å²) in [5, 5.41) is 10.6. The molecule has 0 saturated heterocycles. The van der Waals surface area contributed by atoms with Gasteiger partial charge in [-0.2, -0.15) is 0 Å². The molecule has 0 aliphatic rings. The van der Waals surface area contributed by atoms with Gasteiger partial charge in [0.15, 0.2) is 12.2 Å². The number of carbonyl (C=O) groups excluding carboxylic acids is 4. The molecule has 0 amide bonds. The van der Waals surface area contributed by atoms with Crippen LogP contribution in [-0.2, 0) is 65.4 Å². The molecule has 0 bridgehead atoms. The predicted molar refractivity (Wildman–Crippen MR) is 354 cm³/mol. The van der Waals surface area contributed by atoms with E-state index in [4.69, 9.17) is 37.0 Å². The summed E-state index contributed by atoms with van der Waals surface area (Å²) in [6.45, 7) is 14.0. The smallest absolute Gasteiger partial charge is 0.462 e. The summed E-state index contributed by atoms with van der Waals surface area (Å²) >= 11 is 0. The Balaban J connectivity index is 5.20. The molecule has 0 aromatic heterocycles. The zero-order valence-corrected chi connectivity index (χ0v) is 59.1. The van der Waals surface area contributed by atoms with Crippen molar-refractivity contribution in [1.82, 2.24) is 0 Å². The third-order valence-corrected chi connectivity index (χ3v) is 18.4. The average molecular weight is 1300 g/mol. The number of hydrogen-bond donors (Lipinski definition) is 3. The number of unbranched alkanes of at least 4 members (excludes halogenated alkanes) is 30. The second-order valence-corrected chi connectivity index (χ2v) is 29.3. The Kier molecular flexibility index (Phi) is 57.6. The van der Waals surface area contributed by atoms with Gasteiger partial charge in [-0.1, -0.05) is 287 Å². The number of phosphoric ester groups is 2. The molecule has 0 spiro atoms. The number of esters is 4. The van der Waals surface area contributed by atoms with Crippen LogP contribution in [0.4, 0.5) is 0 Å². The minimum absolute atomic E-state index is 0.102. The van der Waals surface area contributed by atoms with E-state index < -0.39 is 97.5 Å². The lowest BCUT2D eigenvalue weighted by Gasteiger charge is -2.21. The van der Waals surface area contributed by atoms with E-state index in [2.05, 4.69) is 55.4 Å². The van der Waals surface area contributed by atoms with Crippen LogP contribution in [0.1, 0.15) is 338 Å². The highest BCUT2D eigenvalue weighted by atomic mass is 31.2. The topological polar surface area (TPSA) is 237 Å². The average Bonchev–Trinajstić information content (AvgIpc) is 3.71. The van der Waals surface area contributed by atoms with Crippen LogP contribution in [0.15, 0.2) is 0 Å². The maximum atomic E-state index is 13.0. The summed E-state index contributed by atoms with van der Waals surface area (Å²) in [4.78, 5) is 72.4. The molecule has 0 fully saturated rings. The molecule has 0 aromatic rings. The van der Waals surface area contributed by atoms with E-state index >= 15 is 0 Å². The van der Waals surface area contributed by atoms with E-state index in [1.165, 1.54) is 135 Å². The van der Waals surface area contributed by atoms with Crippen molar-refractivity contribution in [3.05, 3.63) is 0 Å². The molecule has 0 radical (unpaired) electrons. The van der Waals surface area contributed by atoms with E-state index in [1.54, 1.807) is 0 Å². The number of aliphatic hydroxyl groups is 1. The summed E-state index contributed by atoms with van der Waals surface area (Å²) in [6.07, 6.45) is 40.5. The summed E-state index contributed by atoms with van der Waals surface area (Å²) < 4.78 is 68.2. The fourth-order valence-electron chi connectivity index (χ4n) is 10.2. The molecule has 88 heavy (non-hydrogen) atoms. The van der Waals surface area contributed by atoms with Crippen molar-refractivity contribution >= 4 is 39.5 Å². The zero-order chi connectivity index (χ0) is 65.4. The van der Waals surface area contributed by atoms with Crippen LogP contribution in [-0.4, -0.2) is 96.7 Å². The predicted octanol–water partition coefficient (Wildman–Crippen LogP) is 19.3. The number of hydrogen-bond acceptors (Lipinski definition) is 15. The Bertz CT molecular complexity index is 1750. The first-order valence-corrected chi connectivity index (χ1v) is 38.8. The largest absolute Gasteiger partial charge is 0.472 e. The monoisotopic (exact) mass is 1300 g/mol. The first-order valence-electron chi connectivity index (χ1n) is 35.8. The van der Waals surface area contributed by atoms with Crippen LogP contribution in [0.2, 0.25) is 0 Å². The van der Waals surface area contributed by atoms with Gasteiger partial charge in [0.2, 0.25) is 0 Å². The van der Waals surface area contributed by atoms with Crippen molar-refractivity contribution in [2.45, 2.75) is 356 Å². The first-order chi connectivity index (χ1) is 42.2. The van der Waals surface area contributed by atoms with Crippen molar-refractivity contribution in [1.29, 1.82) is 0 Å². The van der Waals surface area contributed by atoms with Crippen LogP contribution >= 0.6 is 15.6 Å². The van der Waals surface area contributed by atoms with E-state index in [-0.39, 0.29) is 25.7 Å². The summed E-state index contributed by atoms with van der Waals surface area (Å²) in [5.41, 5.74) is 0. The van der Waals surface area contributed by atoms with E-state index in [0.29, 0.717) is 31.6 Å². The lowest BCUT2D eigenvalue weighted by atomic mass is 9.99. The third-order valence-electron chi connectivity index (χ3n) is 16.5. The summed E-state index contributed by atoms with van der Waals surface area (Å²) in [5.74, 6) is 0.836. The summed E-state index contributed by atoms with van der Waals surface area (Å²) in [7, 11) is -9.90. The fourth-order valence-corrected chi connectivity index (χ4v) is 11.8. The van der Waals surface area contributed by atoms with Gasteiger partial charge in [-0.05, 0) is 49.4 Å². The summed E-state index contributed by atoms with van der Waals surface area (Å²) in [6, 6.07) is 0. The number of phosphoric acid groups is 2. The van der Waals surface area contributed by atoms with E-state index in [1.807, 2.05) is 0 Å². The van der Waals surface area contributed by atoms with Gasteiger partial charge in [0.1, 0.15) is 19.3 Å². The quantitative estimate of drug-likeness (QED) is 0.0222. The van der Waals surface area contributed by atoms with E-state index in [0.717, 1.165) is 114 Å². The van der Waals surface area contributed by atoms with Gasteiger partial charge in [0.25, 0.3) is 0 Å². The van der Waals surface area contributed by atoms with Gasteiger partial charge in [-0.15, -0.1) is 0 Å². The van der Waals surface area contributed by atoms with Crippen molar-refractivity contribution in [3.63, 3.8) is 0 Å². The molecular formula is C69H134O17P2.